The molecule has 0 saturated carbocycles. The highest BCUT2D eigenvalue weighted by Crippen LogP contribution is 2.40. The highest BCUT2D eigenvalue weighted by atomic mass is 16.6. The van der Waals surface area contributed by atoms with Gasteiger partial charge in [0.15, 0.2) is 0 Å². The average molecular weight is 546 g/mol. The predicted molar refractivity (Wildman–Crippen MR) is 164 cm³/mol. The number of nitrogens with one attached hydrogen (secondary N) is 2. The Morgan fingerprint density at radius 3 is 1.98 bits per heavy atom. The van der Waals surface area contributed by atoms with Crippen molar-refractivity contribution in [3.63, 3.8) is 0 Å². The third kappa shape index (κ3) is 6.86. The van der Waals surface area contributed by atoms with E-state index in [0.717, 1.165) is 22.4 Å². The lowest BCUT2D eigenvalue weighted by molar-refractivity contribution is -0.383. The van der Waals surface area contributed by atoms with Gasteiger partial charge in [0.25, 0.3) is 0 Å². The molecule has 206 valence electrons. The number of rotatable bonds is 11. The summed E-state index contributed by atoms with van der Waals surface area (Å²) in [5.74, 6) is 0.198. The molecular formula is C33H31N5O3. The smallest absolute Gasteiger partial charge is 0.335 e. The molecule has 1 heterocycles. The van der Waals surface area contributed by atoms with Crippen molar-refractivity contribution < 1.29 is 9.72 Å². The second kappa shape index (κ2) is 12.7. The molecular weight excluding hydrogens is 514 g/mol. The number of carbonyl (C=O) groups is 1. The highest BCUT2D eigenvalue weighted by molar-refractivity contribution is 5.99. The molecule has 0 spiro atoms. The van der Waals surface area contributed by atoms with E-state index in [1.807, 2.05) is 114 Å². The molecule has 1 amide bonds. The fourth-order valence-corrected chi connectivity index (χ4v) is 4.86. The molecule has 8 heteroatoms. The van der Waals surface area contributed by atoms with Crippen LogP contribution < -0.4 is 15.5 Å². The van der Waals surface area contributed by atoms with Crippen molar-refractivity contribution in [2.24, 2.45) is 0 Å². The van der Waals surface area contributed by atoms with Gasteiger partial charge >= 0.3 is 5.69 Å². The van der Waals surface area contributed by atoms with Gasteiger partial charge in [-0.2, -0.15) is 0 Å². The van der Waals surface area contributed by atoms with E-state index in [0.29, 0.717) is 48.5 Å². The number of fused-ring (bicyclic) bond motifs is 1. The van der Waals surface area contributed by atoms with Crippen LogP contribution in [0.5, 0.6) is 0 Å². The predicted octanol–water partition coefficient (Wildman–Crippen LogP) is 6.96. The van der Waals surface area contributed by atoms with Crippen molar-refractivity contribution >= 4 is 39.7 Å². The van der Waals surface area contributed by atoms with Gasteiger partial charge in [-0.05, 0) is 41.3 Å². The van der Waals surface area contributed by atoms with Crippen LogP contribution in [0.25, 0.3) is 10.9 Å². The molecule has 0 fully saturated rings. The fraction of sp³-hybridized carbons (Fsp3) is 0.152. The normalized spacial score (nSPS) is 10.8. The number of nitrogens with zero attached hydrogens (tertiary/aromatic N) is 3. The topological polar surface area (TPSA) is 100 Å². The summed E-state index contributed by atoms with van der Waals surface area (Å²) >= 11 is 0. The molecule has 0 atom stereocenters. The van der Waals surface area contributed by atoms with Gasteiger partial charge < -0.3 is 15.5 Å². The molecule has 0 saturated heterocycles. The van der Waals surface area contributed by atoms with Gasteiger partial charge in [-0.1, -0.05) is 91.0 Å². The van der Waals surface area contributed by atoms with Gasteiger partial charge in [0.2, 0.25) is 11.7 Å². The SMILES string of the molecule is CC(=O)Nc1ccc(CCNc2c([N+](=O)[O-])c(N(Cc3ccccc3)Cc3ccccc3)nc3ccccc23)cc1. The van der Waals surface area contributed by atoms with Crippen molar-refractivity contribution in [1.82, 2.24) is 4.98 Å². The maximum Gasteiger partial charge on any atom is 0.335 e. The Morgan fingerprint density at radius 1 is 0.805 bits per heavy atom. The second-order valence-electron chi connectivity index (χ2n) is 9.82. The maximum absolute atomic E-state index is 12.7. The van der Waals surface area contributed by atoms with E-state index in [1.54, 1.807) is 0 Å². The average Bonchev–Trinajstić information content (AvgIpc) is 2.98. The molecule has 0 aliphatic heterocycles. The van der Waals surface area contributed by atoms with E-state index in [1.165, 1.54) is 6.92 Å². The van der Waals surface area contributed by atoms with Crippen LogP contribution >= 0.6 is 0 Å². The van der Waals surface area contributed by atoms with E-state index >= 15 is 0 Å². The molecule has 5 aromatic rings. The minimum atomic E-state index is -0.331. The zero-order valence-electron chi connectivity index (χ0n) is 22.8. The molecule has 5 rings (SSSR count). The Balaban J connectivity index is 1.51. The summed E-state index contributed by atoms with van der Waals surface area (Å²) in [5, 5.41) is 19.6. The lowest BCUT2D eigenvalue weighted by atomic mass is 10.1. The first-order chi connectivity index (χ1) is 20.0. The van der Waals surface area contributed by atoms with Gasteiger partial charge in [-0.15, -0.1) is 0 Å². The first-order valence-corrected chi connectivity index (χ1v) is 13.5. The molecule has 0 unspecified atom stereocenters. The third-order valence-corrected chi connectivity index (χ3v) is 6.75. The highest BCUT2D eigenvalue weighted by Gasteiger charge is 2.29. The Labute approximate surface area is 238 Å². The van der Waals surface area contributed by atoms with E-state index in [4.69, 9.17) is 4.98 Å². The number of para-hydroxylation sites is 1. The van der Waals surface area contributed by atoms with Gasteiger partial charge in [-0.25, -0.2) is 4.98 Å². The lowest BCUT2D eigenvalue weighted by Crippen LogP contribution is -2.25. The van der Waals surface area contributed by atoms with Gasteiger partial charge in [0.05, 0.1) is 10.4 Å². The number of aromatic nitrogens is 1. The van der Waals surface area contributed by atoms with Crippen LogP contribution in [0.1, 0.15) is 23.6 Å². The van der Waals surface area contributed by atoms with Crippen LogP contribution in [0.4, 0.5) is 22.9 Å². The minimum absolute atomic E-state index is 0.0448. The Kier molecular flexibility index (Phi) is 8.49. The van der Waals surface area contributed by atoms with Crippen LogP contribution in [-0.4, -0.2) is 22.4 Å². The first-order valence-electron chi connectivity index (χ1n) is 13.5. The van der Waals surface area contributed by atoms with Gasteiger partial charge in [-0.3, -0.25) is 14.9 Å². The van der Waals surface area contributed by atoms with Crippen LogP contribution in [0.3, 0.4) is 0 Å². The summed E-state index contributed by atoms with van der Waals surface area (Å²) in [4.78, 5) is 30.5. The number of anilines is 3. The summed E-state index contributed by atoms with van der Waals surface area (Å²) in [7, 11) is 0. The Bertz CT molecular complexity index is 1600. The maximum atomic E-state index is 12.7. The zero-order chi connectivity index (χ0) is 28.6. The number of carbonyl (C=O) groups excluding carboxylic acids is 1. The Hall–Kier alpha value is -5.24. The number of hydrogen-bond donors (Lipinski definition) is 2. The number of amides is 1. The van der Waals surface area contributed by atoms with Crippen LogP contribution in [0.2, 0.25) is 0 Å². The molecule has 4 aromatic carbocycles. The number of pyridine rings is 1. The van der Waals surface area contributed by atoms with Crippen molar-refractivity contribution in [2.45, 2.75) is 26.4 Å². The summed E-state index contributed by atoms with van der Waals surface area (Å²) in [6.07, 6.45) is 0.640. The number of benzene rings is 4. The van der Waals surface area contributed by atoms with Crippen molar-refractivity contribution in [3.05, 3.63) is 136 Å². The number of hydrogen-bond acceptors (Lipinski definition) is 6. The fourth-order valence-electron chi connectivity index (χ4n) is 4.86. The van der Waals surface area contributed by atoms with Crippen LogP contribution in [0.15, 0.2) is 109 Å². The third-order valence-electron chi connectivity index (χ3n) is 6.75. The zero-order valence-corrected chi connectivity index (χ0v) is 22.8. The van der Waals surface area contributed by atoms with E-state index in [9.17, 15) is 14.9 Å². The summed E-state index contributed by atoms with van der Waals surface area (Å²) in [6, 6.07) is 34.9. The second-order valence-corrected chi connectivity index (χ2v) is 9.82. The van der Waals surface area contributed by atoms with Crippen molar-refractivity contribution in [2.75, 3.05) is 22.1 Å². The summed E-state index contributed by atoms with van der Waals surface area (Å²) in [6.45, 7) is 2.87. The molecule has 2 N–H and O–H groups in total. The first kappa shape index (κ1) is 27.3. The monoisotopic (exact) mass is 545 g/mol. The van der Waals surface area contributed by atoms with E-state index in [2.05, 4.69) is 10.6 Å². The standard InChI is InChI=1S/C33H31N5O3/c1-24(39)35-28-18-16-25(17-19-28)20-21-34-31-29-14-8-9-15-30(29)36-33(32(31)38(40)41)37(22-26-10-4-2-5-11-26)23-27-12-6-3-7-13-27/h2-19H,20-23H2,1H3,(H,34,36)(H,35,39). The molecule has 1 aromatic heterocycles. The molecule has 0 aliphatic carbocycles. The minimum Gasteiger partial charge on any atom is -0.378 e. The molecule has 0 bridgehead atoms. The van der Waals surface area contributed by atoms with Gasteiger partial charge in [0.1, 0.15) is 5.69 Å². The largest absolute Gasteiger partial charge is 0.378 e. The van der Waals surface area contributed by atoms with Gasteiger partial charge in [0, 0.05) is 37.6 Å². The van der Waals surface area contributed by atoms with Crippen molar-refractivity contribution in [1.29, 1.82) is 0 Å². The summed E-state index contributed by atoms with van der Waals surface area (Å²) < 4.78 is 0. The molecule has 41 heavy (non-hydrogen) atoms. The lowest BCUT2D eigenvalue weighted by Gasteiger charge is -2.25. The van der Waals surface area contributed by atoms with Crippen molar-refractivity contribution in [3.8, 4) is 0 Å². The Morgan fingerprint density at radius 2 is 1.39 bits per heavy atom. The van der Waals surface area contributed by atoms with Crippen LogP contribution in [0, 0.1) is 10.1 Å². The number of nitro groups is 1. The molecule has 0 radical (unpaired) electrons. The molecule has 8 nitrogen and oxygen atoms in total. The quantitative estimate of drug-likeness (QED) is 0.137. The van der Waals surface area contributed by atoms with Crippen LogP contribution in [-0.2, 0) is 24.3 Å². The molecule has 0 aliphatic rings. The van der Waals surface area contributed by atoms with E-state index in [-0.39, 0.29) is 16.5 Å². The van der Waals surface area contributed by atoms with E-state index < -0.39 is 0 Å². The summed E-state index contributed by atoms with van der Waals surface area (Å²) in [5.41, 5.74) is 4.93.